The Morgan fingerprint density at radius 1 is 1.33 bits per heavy atom. The van der Waals surface area contributed by atoms with Crippen LogP contribution in [0.1, 0.15) is 57.6 Å². The number of para-hydroxylation sites is 1. The van der Waals surface area contributed by atoms with Gasteiger partial charge in [-0.1, -0.05) is 39.0 Å². The van der Waals surface area contributed by atoms with E-state index >= 15 is 0 Å². The summed E-state index contributed by atoms with van der Waals surface area (Å²) in [5.41, 5.74) is 3.06. The molecule has 24 heavy (non-hydrogen) atoms. The number of hydrogen-bond acceptors (Lipinski definition) is 2. The summed E-state index contributed by atoms with van der Waals surface area (Å²) in [4.78, 5) is 28.6. The van der Waals surface area contributed by atoms with E-state index in [-0.39, 0.29) is 18.4 Å². The van der Waals surface area contributed by atoms with Crippen molar-refractivity contribution in [3.8, 4) is 0 Å². The van der Waals surface area contributed by atoms with Crippen LogP contribution in [0.5, 0.6) is 0 Å². The molecule has 1 atom stereocenters. The van der Waals surface area contributed by atoms with Gasteiger partial charge >= 0.3 is 0 Å². The highest BCUT2D eigenvalue weighted by atomic mass is 16.2. The first-order chi connectivity index (χ1) is 11.3. The molecule has 1 aliphatic rings. The zero-order valence-electron chi connectivity index (χ0n) is 15.6. The zero-order valence-corrected chi connectivity index (χ0v) is 15.6. The second-order valence-electron chi connectivity index (χ2n) is 7.36. The van der Waals surface area contributed by atoms with Crippen LogP contribution in [0.3, 0.4) is 0 Å². The highest BCUT2D eigenvalue weighted by Gasteiger charge is 2.26. The van der Waals surface area contributed by atoms with Gasteiger partial charge in [-0.25, -0.2) is 0 Å². The van der Waals surface area contributed by atoms with Crippen molar-refractivity contribution >= 4 is 17.5 Å². The van der Waals surface area contributed by atoms with Crippen molar-refractivity contribution in [1.29, 1.82) is 0 Å². The second kappa shape index (κ2) is 7.82. The van der Waals surface area contributed by atoms with Crippen LogP contribution in [0.25, 0.3) is 0 Å². The van der Waals surface area contributed by atoms with E-state index in [1.54, 1.807) is 11.8 Å². The molecule has 0 aromatic heterocycles. The van der Waals surface area contributed by atoms with E-state index in [0.29, 0.717) is 11.8 Å². The van der Waals surface area contributed by atoms with Crippen molar-refractivity contribution in [3.63, 3.8) is 0 Å². The van der Waals surface area contributed by atoms with Crippen LogP contribution >= 0.6 is 0 Å². The molecule has 2 amide bonds. The minimum Gasteiger partial charge on any atom is -0.341 e. The second-order valence-corrected chi connectivity index (χ2v) is 7.36. The highest BCUT2D eigenvalue weighted by Crippen LogP contribution is 2.31. The summed E-state index contributed by atoms with van der Waals surface area (Å²) in [6.45, 7) is 11.7. The van der Waals surface area contributed by atoms with E-state index in [1.165, 1.54) is 6.42 Å². The lowest BCUT2D eigenvalue weighted by Gasteiger charge is -2.34. The van der Waals surface area contributed by atoms with Crippen LogP contribution in [-0.2, 0) is 9.59 Å². The topological polar surface area (TPSA) is 40.6 Å². The van der Waals surface area contributed by atoms with Crippen molar-refractivity contribution in [3.05, 3.63) is 29.3 Å². The Hall–Kier alpha value is -1.84. The number of carbonyl (C=O) groups is 2. The monoisotopic (exact) mass is 330 g/mol. The lowest BCUT2D eigenvalue weighted by atomic mass is 9.97. The van der Waals surface area contributed by atoms with Gasteiger partial charge in [0, 0.05) is 20.0 Å². The molecular weight excluding hydrogens is 300 g/mol. The van der Waals surface area contributed by atoms with Crippen LogP contribution in [0, 0.1) is 12.8 Å². The van der Waals surface area contributed by atoms with E-state index < -0.39 is 0 Å². The number of piperidine rings is 1. The molecule has 1 heterocycles. The molecule has 0 radical (unpaired) electrons. The number of benzene rings is 1. The van der Waals surface area contributed by atoms with Crippen molar-refractivity contribution in [2.24, 2.45) is 5.92 Å². The number of anilines is 1. The smallest absolute Gasteiger partial charge is 0.242 e. The van der Waals surface area contributed by atoms with Crippen LogP contribution in [0.2, 0.25) is 0 Å². The summed E-state index contributed by atoms with van der Waals surface area (Å²) in [6, 6.07) is 6.07. The third-order valence-electron chi connectivity index (χ3n) is 4.84. The van der Waals surface area contributed by atoms with Crippen molar-refractivity contribution in [2.45, 2.75) is 53.4 Å². The zero-order chi connectivity index (χ0) is 17.9. The van der Waals surface area contributed by atoms with Gasteiger partial charge < -0.3 is 9.80 Å². The average Bonchev–Trinajstić information content (AvgIpc) is 2.52. The van der Waals surface area contributed by atoms with Crippen LogP contribution in [0.15, 0.2) is 18.2 Å². The molecule has 0 N–H and O–H groups in total. The molecule has 1 aliphatic heterocycles. The summed E-state index contributed by atoms with van der Waals surface area (Å²) in [5.74, 6) is 0.810. The van der Waals surface area contributed by atoms with Gasteiger partial charge in [-0.3, -0.25) is 9.59 Å². The Morgan fingerprint density at radius 2 is 2.04 bits per heavy atom. The Balaban J connectivity index is 2.28. The van der Waals surface area contributed by atoms with E-state index in [9.17, 15) is 9.59 Å². The lowest BCUT2D eigenvalue weighted by Crippen LogP contribution is -2.46. The number of rotatable bonds is 4. The minimum atomic E-state index is -0.0791. The van der Waals surface area contributed by atoms with Crippen molar-refractivity contribution < 1.29 is 9.59 Å². The predicted octanol–water partition coefficient (Wildman–Crippen LogP) is 3.73. The lowest BCUT2D eigenvalue weighted by molar-refractivity contribution is -0.132. The number of amides is 2. The maximum Gasteiger partial charge on any atom is 0.242 e. The quantitative estimate of drug-likeness (QED) is 0.844. The number of carbonyl (C=O) groups excluding carboxylic acids is 2. The van der Waals surface area contributed by atoms with Gasteiger partial charge in [-0.05, 0) is 42.7 Å². The average molecular weight is 330 g/mol. The van der Waals surface area contributed by atoms with Crippen LogP contribution in [0.4, 0.5) is 5.69 Å². The summed E-state index contributed by atoms with van der Waals surface area (Å²) < 4.78 is 0. The molecule has 1 fully saturated rings. The molecular formula is C20H30N2O2. The molecule has 0 spiro atoms. The third-order valence-corrected chi connectivity index (χ3v) is 4.84. The number of hydrogen-bond donors (Lipinski definition) is 0. The van der Waals surface area contributed by atoms with E-state index in [0.717, 1.165) is 36.3 Å². The molecule has 0 bridgehead atoms. The molecule has 1 aromatic rings. The Labute approximate surface area is 145 Å². The number of nitrogens with zero attached hydrogens (tertiary/aromatic N) is 2. The molecule has 2 rings (SSSR count). The standard InChI is InChI=1S/C20H30N2O2/c1-14(2)18-10-6-9-16(4)20(18)22(17(5)23)13-19(24)21-11-7-8-15(3)12-21/h6,9-10,14-15H,7-8,11-13H2,1-5H3. The Bertz CT molecular complexity index is 610. The van der Waals surface area contributed by atoms with E-state index in [2.05, 4.69) is 26.8 Å². The molecule has 0 saturated carbocycles. The van der Waals surface area contributed by atoms with Gasteiger partial charge in [-0.15, -0.1) is 0 Å². The maximum atomic E-state index is 12.8. The Morgan fingerprint density at radius 3 is 2.62 bits per heavy atom. The first-order valence-electron chi connectivity index (χ1n) is 8.96. The fourth-order valence-corrected chi connectivity index (χ4v) is 3.52. The minimum absolute atomic E-state index is 0.0507. The summed E-state index contributed by atoms with van der Waals surface area (Å²) in [7, 11) is 0. The van der Waals surface area contributed by atoms with Gasteiger partial charge in [0.1, 0.15) is 6.54 Å². The van der Waals surface area contributed by atoms with Gasteiger partial charge in [0.25, 0.3) is 0 Å². The molecule has 1 unspecified atom stereocenters. The number of likely N-dealkylation sites (tertiary alicyclic amines) is 1. The predicted molar refractivity (Wildman–Crippen MR) is 98.3 cm³/mol. The van der Waals surface area contributed by atoms with E-state index in [4.69, 9.17) is 0 Å². The molecule has 0 aliphatic carbocycles. The van der Waals surface area contributed by atoms with Crippen molar-refractivity contribution in [1.82, 2.24) is 4.90 Å². The fraction of sp³-hybridized carbons (Fsp3) is 0.600. The molecule has 1 aromatic carbocycles. The Kier molecular flexibility index (Phi) is 6.03. The highest BCUT2D eigenvalue weighted by molar-refractivity contribution is 5.98. The van der Waals surface area contributed by atoms with Crippen molar-refractivity contribution in [2.75, 3.05) is 24.5 Å². The molecule has 132 valence electrons. The third kappa shape index (κ3) is 4.16. The van der Waals surface area contributed by atoms with Gasteiger partial charge in [0.05, 0.1) is 5.69 Å². The van der Waals surface area contributed by atoms with Crippen LogP contribution < -0.4 is 4.90 Å². The first kappa shape index (κ1) is 18.5. The molecule has 4 heteroatoms. The largest absolute Gasteiger partial charge is 0.341 e. The van der Waals surface area contributed by atoms with Crippen LogP contribution in [-0.4, -0.2) is 36.3 Å². The summed E-state index contributed by atoms with van der Waals surface area (Å²) >= 11 is 0. The number of aryl methyl sites for hydroxylation is 1. The maximum absolute atomic E-state index is 12.8. The first-order valence-corrected chi connectivity index (χ1v) is 8.96. The summed E-state index contributed by atoms with van der Waals surface area (Å²) in [6.07, 6.45) is 2.23. The fourth-order valence-electron chi connectivity index (χ4n) is 3.52. The molecule has 1 saturated heterocycles. The molecule has 4 nitrogen and oxygen atoms in total. The normalized spacial score (nSPS) is 17.9. The van der Waals surface area contributed by atoms with Gasteiger partial charge in [0.2, 0.25) is 11.8 Å². The van der Waals surface area contributed by atoms with Gasteiger partial charge in [0.15, 0.2) is 0 Å². The van der Waals surface area contributed by atoms with E-state index in [1.807, 2.05) is 24.0 Å². The van der Waals surface area contributed by atoms with Gasteiger partial charge in [-0.2, -0.15) is 0 Å². The SMILES string of the molecule is CC(=O)N(CC(=O)N1CCCC(C)C1)c1c(C)cccc1C(C)C. The summed E-state index contributed by atoms with van der Waals surface area (Å²) in [5, 5.41) is 0.